The highest BCUT2D eigenvalue weighted by atomic mass is 35.5. The zero-order chi connectivity index (χ0) is 31.2. The van der Waals surface area contributed by atoms with E-state index in [9.17, 15) is 18.0 Å². The van der Waals surface area contributed by atoms with Crippen molar-refractivity contribution in [3.05, 3.63) is 87.4 Å². The molecule has 0 radical (unpaired) electrons. The molecule has 0 aliphatic rings. The van der Waals surface area contributed by atoms with Gasteiger partial charge in [-0.3, -0.25) is 13.9 Å². The average Bonchev–Trinajstić information content (AvgIpc) is 2.91. The number of anilines is 1. The Hall–Kier alpha value is -2.98. The number of sulfonamides is 1. The third-order valence-corrected chi connectivity index (χ3v) is 8.90. The molecule has 0 spiro atoms. The van der Waals surface area contributed by atoms with Gasteiger partial charge in [0.15, 0.2) is 0 Å². The number of hydrogen-bond donors (Lipinski definition) is 1. The lowest BCUT2D eigenvalue weighted by molar-refractivity contribution is -0.140. The number of nitrogens with one attached hydrogen (secondary N) is 1. The van der Waals surface area contributed by atoms with Crippen molar-refractivity contribution in [2.24, 2.45) is 0 Å². The number of carbonyl (C=O) groups excluding carboxylic acids is 2. The Morgan fingerprint density at radius 1 is 0.929 bits per heavy atom. The minimum absolute atomic E-state index is 0.0213. The summed E-state index contributed by atoms with van der Waals surface area (Å²) >= 11 is 18.3. The van der Waals surface area contributed by atoms with Crippen LogP contribution in [0.2, 0.25) is 15.1 Å². The van der Waals surface area contributed by atoms with Crippen molar-refractivity contribution in [1.29, 1.82) is 0 Å². The highest BCUT2D eigenvalue weighted by Crippen LogP contribution is 2.28. The molecule has 0 saturated heterocycles. The molecule has 3 aromatic carbocycles. The fourth-order valence-corrected chi connectivity index (χ4v) is 5.89. The molecule has 1 atom stereocenters. The van der Waals surface area contributed by atoms with Crippen LogP contribution in [0.3, 0.4) is 0 Å². The number of hydrogen-bond acceptors (Lipinski definition) is 5. The van der Waals surface area contributed by atoms with Gasteiger partial charge in [0, 0.05) is 17.1 Å². The lowest BCUT2D eigenvalue weighted by Crippen LogP contribution is -2.54. The third kappa shape index (κ3) is 8.77. The second kappa shape index (κ2) is 14.0. The molecule has 42 heavy (non-hydrogen) atoms. The Balaban J connectivity index is 2.05. The lowest BCUT2D eigenvalue weighted by atomic mass is 10.1. The summed E-state index contributed by atoms with van der Waals surface area (Å²) in [6, 6.07) is 16.0. The van der Waals surface area contributed by atoms with Crippen LogP contribution in [0.5, 0.6) is 5.75 Å². The number of benzene rings is 3. The first kappa shape index (κ1) is 33.5. The van der Waals surface area contributed by atoms with Crippen LogP contribution in [0.25, 0.3) is 0 Å². The second-order valence-corrected chi connectivity index (χ2v) is 13.7. The minimum Gasteiger partial charge on any atom is -0.494 e. The van der Waals surface area contributed by atoms with Crippen molar-refractivity contribution in [1.82, 2.24) is 10.2 Å². The van der Waals surface area contributed by atoms with Gasteiger partial charge in [-0.15, -0.1) is 0 Å². The van der Waals surface area contributed by atoms with Crippen LogP contribution in [-0.4, -0.2) is 49.9 Å². The van der Waals surface area contributed by atoms with E-state index in [1.54, 1.807) is 49.4 Å². The highest BCUT2D eigenvalue weighted by Gasteiger charge is 2.33. The van der Waals surface area contributed by atoms with Crippen molar-refractivity contribution < 1.29 is 22.7 Å². The molecular weight excluding hydrogens is 621 g/mol. The Labute approximate surface area is 262 Å². The molecule has 3 rings (SSSR count). The van der Waals surface area contributed by atoms with Crippen LogP contribution in [0.15, 0.2) is 71.6 Å². The maximum atomic E-state index is 14.0. The summed E-state index contributed by atoms with van der Waals surface area (Å²) in [5.74, 6) is -0.460. The maximum Gasteiger partial charge on any atom is 0.264 e. The summed E-state index contributed by atoms with van der Waals surface area (Å²) in [5, 5.41) is 3.88. The molecule has 0 bridgehead atoms. The first-order chi connectivity index (χ1) is 19.6. The summed E-state index contributed by atoms with van der Waals surface area (Å²) < 4.78 is 34.3. The Morgan fingerprint density at radius 3 is 2.10 bits per heavy atom. The first-order valence-corrected chi connectivity index (χ1v) is 15.8. The van der Waals surface area contributed by atoms with Crippen molar-refractivity contribution in [2.45, 2.75) is 57.6 Å². The van der Waals surface area contributed by atoms with E-state index >= 15 is 0 Å². The van der Waals surface area contributed by atoms with Crippen molar-refractivity contribution in [2.75, 3.05) is 17.5 Å². The van der Waals surface area contributed by atoms with Gasteiger partial charge >= 0.3 is 0 Å². The molecule has 8 nitrogen and oxygen atoms in total. The number of amides is 2. The third-order valence-electron chi connectivity index (χ3n) is 6.12. The summed E-state index contributed by atoms with van der Waals surface area (Å²) in [6.07, 6.45) is 0. The zero-order valence-electron chi connectivity index (χ0n) is 24.0. The molecule has 226 valence electrons. The molecule has 0 aliphatic carbocycles. The van der Waals surface area contributed by atoms with E-state index in [4.69, 9.17) is 39.5 Å². The molecule has 1 N–H and O–H groups in total. The quantitative estimate of drug-likeness (QED) is 0.252. The average molecular weight is 655 g/mol. The van der Waals surface area contributed by atoms with Crippen molar-refractivity contribution in [3.63, 3.8) is 0 Å². The summed E-state index contributed by atoms with van der Waals surface area (Å²) in [4.78, 5) is 28.5. The molecule has 3 aromatic rings. The Morgan fingerprint density at radius 2 is 1.55 bits per heavy atom. The molecule has 0 heterocycles. The van der Waals surface area contributed by atoms with Gasteiger partial charge in [0.1, 0.15) is 18.3 Å². The standard InChI is InChI=1S/C30H34Cl3N3O5S/c1-6-41-24-12-10-23(11-13-24)36(42(39,40)25-14-8-22(31)9-15-25)19-28(37)35(20(2)29(38)34-30(3,4)5)18-21-7-16-26(32)27(33)17-21/h7-17,20H,6,18-19H2,1-5H3,(H,34,38). The van der Waals surface area contributed by atoms with E-state index in [1.165, 1.54) is 29.2 Å². The van der Waals surface area contributed by atoms with Crippen LogP contribution in [0.1, 0.15) is 40.2 Å². The normalized spacial score (nSPS) is 12.4. The highest BCUT2D eigenvalue weighted by molar-refractivity contribution is 7.92. The van der Waals surface area contributed by atoms with Gasteiger partial charge in [-0.1, -0.05) is 40.9 Å². The van der Waals surface area contributed by atoms with E-state index in [2.05, 4.69) is 5.32 Å². The van der Waals surface area contributed by atoms with E-state index < -0.39 is 40.0 Å². The first-order valence-electron chi connectivity index (χ1n) is 13.2. The molecular formula is C30H34Cl3N3O5S. The largest absolute Gasteiger partial charge is 0.494 e. The van der Waals surface area contributed by atoms with Crippen LogP contribution in [-0.2, 0) is 26.2 Å². The van der Waals surface area contributed by atoms with Crippen molar-refractivity contribution in [3.8, 4) is 5.75 Å². The van der Waals surface area contributed by atoms with Crippen LogP contribution in [0, 0.1) is 0 Å². The molecule has 12 heteroatoms. The molecule has 0 aliphatic heterocycles. The van der Waals surface area contributed by atoms with Crippen molar-refractivity contribution >= 4 is 62.3 Å². The summed E-state index contributed by atoms with van der Waals surface area (Å²) in [7, 11) is -4.24. The summed E-state index contributed by atoms with van der Waals surface area (Å²) in [6.45, 7) is 8.73. The predicted molar refractivity (Wildman–Crippen MR) is 168 cm³/mol. The molecule has 2 amide bonds. The number of ether oxygens (including phenoxy) is 1. The van der Waals surface area contributed by atoms with E-state index in [0.29, 0.717) is 28.0 Å². The summed E-state index contributed by atoms with van der Waals surface area (Å²) in [5.41, 5.74) is 0.292. The topological polar surface area (TPSA) is 96.0 Å². The van der Waals surface area contributed by atoms with Gasteiger partial charge in [0.2, 0.25) is 11.8 Å². The smallest absolute Gasteiger partial charge is 0.264 e. The molecule has 0 saturated carbocycles. The lowest BCUT2D eigenvalue weighted by Gasteiger charge is -2.33. The Kier molecular flexibility index (Phi) is 11.2. The molecule has 0 fully saturated rings. The number of nitrogens with zero attached hydrogens (tertiary/aromatic N) is 2. The van der Waals surface area contributed by atoms with Crippen LogP contribution >= 0.6 is 34.8 Å². The Bertz CT molecular complexity index is 1510. The predicted octanol–water partition coefficient (Wildman–Crippen LogP) is 6.57. The number of rotatable bonds is 11. The maximum absolute atomic E-state index is 14.0. The van der Waals surface area contributed by atoms with E-state index in [0.717, 1.165) is 4.31 Å². The fraction of sp³-hybridized carbons (Fsp3) is 0.333. The van der Waals surface area contributed by atoms with Gasteiger partial charge in [-0.2, -0.15) is 0 Å². The van der Waals surface area contributed by atoms with E-state index in [1.807, 2.05) is 27.7 Å². The molecule has 1 unspecified atom stereocenters. The number of carbonyl (C=O) groups is 2. The minimum atomic E-state index is -4.24. The van der Waals surface area contributed by atoms with Gasteiger partial charge in [-0.25, -0.2) is 8.42 Å². The second-order valence-electron chi connectivity index (χ2n) is 10.6. The zero-order valence-corrected chi connectivity index (χ0v) is 27.1. The van der Waals surface area contributed by atoms with Crippen LogP contribution in [0.4, 0.5) is 5.69 Å². The van der Waals surface area contributed by atoms with E-state index in [-0.39, 0.29) is 22.2 Å². The van der Waals surface area contributed by atoms with Gasteiger partial charge in [-0.05, 0) is 101 Å². The van der Waals surface area contributed by atoms with Crippen LogP contribution < -0.4 is 14.4 Å². The fourth-order valence-electron chi connectivity index (χ4n) is 4.03. The SMILES string of the molecule is CCOc1ccc(N(CC(=O)N(Cc2ccc(Cl)c(Cl)c2)C(C)C(=O)NC(C)(C)C)S(=O)(=O)c2ccc(Cl)cc2)cc1. The van der Waals surface area contributed by atoms with Gasteiger partial charge in [0.25, 0.3) is 10.0 Å². The molecule has 0 aromatic heterocycles. The number of halogens is 3. The van der Waals surface area contributed by atoms with Gasteiger partial charge in [0.05, 0.1) is 27.2 Å². The van der Waals surface area contributed by atoms with Gasteiger partial charge < -0.3 is 15.0 Å². The monoisotopic (exact) mass is 653 g/mol.